The van der Waals surface area contributed by atoms with Crippen LogP contribution in [0.2, 0.25) is 0 Å². The Hall–Kier alpha value is 2.85. The fourth-order valence-corrected chi connectivity index (χ4v) is 0. The zero-order valence-corrected chi connectivity index (χ0v) is 8.47. The van der Waals surface area contributed by atoms with Gasteiger partial charge in [0, 0.05) is 52.7 Å². The molecule has 0 aromatic carbocycles. The second-order valence-corrected chi connectivity index (χ2v) is 0. The van der Waals surface area contributed by atoms with Crippen LogP contribution in [-0.4, -0.2) is 23.9 Å². The minimum absolute atomic E-state index is 0. The van der Waals surface area contributed by atoms with Crippen molar-refractivity contribution >= 4 is 33.8 Å². The Balaban J connectivity index is 0. The summed E-state index contributed by atoms with van der Waals surface area (Å²) < 4.78 is 0. The quantitative estimate of drug-likeness (QED) is 0.376. The van der Waals surface area contributed by atoms with Gasteiger partial charge in [-0.1, -0.05) is 0 Å². The SMILES string of the molecule is P.[Co].[Ni].[SnH4].[Zn]. The molecule has 5 heteroatoms. The van der Waals surface area contributed by atoms with Gasteiger partial charge in [-0.15, -0.1) is 0 Å². The maximum absolute atomic E-state index is 0. The van der Waals surface area contributed by atoms with Crippen molar-refractivity contribution in [3.8, 4) is 0 Å². The molecule has 0 aromatic rings. The molecule has 0 heterocycles. The van der Waals surface area contributed by atoms with E-state index in [4.69, 9.17) is 0 Å². The fraction of sp³-hybridized carbons (Fsp3) is 0. The van der Waals surface area contributed by atoms with Crippen LogP contribution in [0.1, 0.15) is 0 Å². The van der Waals surface area contributed by atoms with Gasteiger partial charge in [0.2, 0.25) is 0 Å². The van der Waals surface area contributed by atoms with E-state index in [1.165, 1.54) is 0 Å². The van der Waals surface area contributed by atoms with Crippen molar-refractivity contribution in [2.45, 2.75) is 0 Å². The van der Waals surface area contributed by atoms with Gasteiger partial charge in [0.15, 0.2) is 0 Å². The van der Waals surface area contributed by atoms with Gasteiger partial charge in [-0.05, 0) is 0 Å². The Morgan fingerprint density at radius 1 is 1.00 bits per heavy atom. The molecule has 0 bridgehead atoms. The molecule has 1 unspecified atom stereocenters. The first-order valence-electron chi connectivity index (χ1n) is 0. The molecule has 0 nitrogen and oxygen atoms in total. The van der Waals surface area contributed by atoms with Crippen LogP contribution >= 0.6 is 9.90 Å². The molecule has 0 N–H and O–H groups in total. The second kappa shape index (κ2) is 28.8. The normalized spacial score (nSPS) is 0. The van der Waals surface area contributed by atoms with Crippen LogP contribution in [0.5, 0.6) is 0 Å². The Bertz CT molecular complexity index is 11.6. The minimum atomic E-state index is 0. The van der Waals surface area contributed by atoms with Crippen molar-refractivity contribution < 1.29 is 52.7 Å². The van der Waals surface area contributed by atoms with E-state index in [2.05, 4.69) is 0 Å². The topological polar surface area (TPSA) is 0 Å². The zero-order chi connectivity index (χ0) is 0. The van der Waals surface area contributed by atoms with Crippen LogP contribution in [0, 0.1) is 0 Å². The summed E-state index contributed by atoms with van der Waals surface area (Å²) in [5.74, 6) is 0. The van der Waals surface area contributed by atoms with E-state index in [1.807, 2.05) is 0 Å². The first-order chi connectivity index (χ1) is 0. The molecule has 0 aliphatic rings. The molecule has 0 rings (SSSR count). The van der Waals surface area contributed by atoms with Gasteiger partial charge < -0.3 is 0 Å². The summed E-state index contributed by atoms with van der Waals surface area (Å²) >= 11 is 0. The molecule has 1 radical (unpaired) electrons. The van der Waals surface area contributed by atoms with Crippen LogP contribution < -0.4 is 0 Å². The summed E-state index contributed by atoms with van der Waals surface area (Å²) in [5, 5.41) is 0. The third-order valence-corrected chi connectivity index (χ3v) is 0. The van der Waals surface area contributed by atoms with Crippen molar-refractivity contribution in [1.82, 2.24) is 0 Å². The molecular weight excluding hydrogens is 333 g/mol. The number of hydrogen-bond acceptors (Lipinski definition) is 0. The standard InChI is InChI=1S/Co.Ni.H3P.Sn.Zn.4H/h;;1H3;;;;;;. The van der Waals surface area contributed by atoms with Crippen LogP contribution in [0.15, 0.2) is 0 Å². The monoisotopic (exact) mass is 339 g/mol. The summed E-state index contributed by atoms with van der Waals surface area (Å²) in [4.78, 5) is 0. The Morgan fingerprint density at radius 2 is 1.00 bits per heavy atom. The van der Waals surface area contributed by atoms with E-state index in [0.717, 1.165) is 0 Å². The third-order valence-electron chi connectivity index (χ3n) is 0. The average molecular weight is 340 g/mol. The largest absolute Gasteiger partial charge is 0 e. The Morgan fingerprint density at radius 3 is 1.00 bits per heavy atom. The van der Waals surface area contributed by atoms with Crippen LogP contribution in [0.4, 0.5) is 0 Å². The van der Waals surface area contributed by atoms with Crippen molar-refractivity contribution in [1.29, 1.82) is 0 Å². The molecule has 5 heavy (non-hydrogen) atoms. The van der Waals surface area contributed by atoms with Gasteiger partial charge >= 0.3 is 23.9 Å². The molecule has 0 spiro atoms. The van der Waals surface area contributed by atoms with E-state index in [1.54, 1.807) is 0 Å². The van der Waals surface area contributed by atoms with E-state index in [9.17, 15) is 0 Å². The molecule has 0 aromatic heterocycles. The predicted octanol–water partition coefficient (Wildman–Crippen LogP) is -1.40. The molecule has 37 valence electrons. The number of hydrogen-bond donors (Lipinski definition) is 0. The summed E-state index contributed by atoms with van der Waals surface area (Å²) in [6.07, 6.45) is 0. The van der Waals surface area contributed by atoms with Gasteiger partial charge in [0.05, 0.1) is 0 Å². The molecule has 0 saturated carbocycles. The Labute approximate surface area is 85.4 Å². The van der Waals surface area contributed by atoms with Gasteiger partial charge in [0.1, 0.15) is 0 Å². The molecular formula is H7CoNiPSnZn. The molecule has 0 aliphatic carbocycles. The first-order valence-corrected chi connectivity index (χ1v) is 0. The third kappa shape index (κ3) is 19.8. The number of rotatable bonds is 0. The summed E-state index contributed by atoms with van der Waals surface area (Å²) in [6, 6.07) is 0. The fourth-order valence-electron chi connectivity index (χ4n) is 0. The van der Waals surface area contributed by atoms with E-state index in [-0.39, 0.29) is 86.6 Å². The molecule has 0 fully saturated rings. The summed E-state index contributed by atoms with van der Waals surface area (Å²) in [5.41, 5.74) is 0. The smallest absolute Gasteiger partial charge is 0 e. The van der Waals surface area contributed by atoms with Crippen LogP contribution in [0.3, 0.4) is 0 Å². The Kier molecular flexibility index (Phi) is 261. The van der Waals surface area contributed by atoms with Crippen molar-refractivity contribution in [3.05, 3.63) is 0 Å². The van der Waals surface area contributed by atoms with Crippen LogP contribution in [0.25, 0.3) is 0 Å². The van der Waals surface area contributed by atoms with Crippen molar-refractivity contribution in [2.75, 3.05) is 0 Å². The van der Waals surface area contributed by atoms with Gasteiger partial charge in [-0.25, -0.2) is 0 Å². The maximum atomic E-state index is 0. The average Bonchev–Trinajstić information content (AvgIpc) is 0. The van der Waals surface area contributed by atoms with Crippen molar-refractivity contribution in [3.63, 3.8) is 0 Å². The first kappa shape index (κ1) is 45.3. The van der Waals surface area contributed by atoms with E-state index < -0.39 is 0 Å². The summed E-state index contributed by atoms with van der Waals surface area (Å²) in [7, 11) is 0. The zero-order valence-electron chi connectivity index (χ0n) is 2.06. The molecule has 0 saturated heterocycles. The van der Waals surface area contributed by atoms with Crippen molar-refractivity contribution in [2.24, 2.45) is 0 Å². The van der Waals surface area contributed by atoms with Gasteiger partial charge in [-0.2, -0.15) is 9.90 Å². The van der Waals surface area contributed by atoms with Gasteiger partial charge in [-0.3, -0.25) is 0 Å². The van der Waals surface area contributed by atoms with E-state index in [0.29, 0.717) is 0 Å². The summed E-state index contributed by atoms with van der Waals surface area (Å²) in [6.45, 7) is 0. The van der Waals surface area contributed by atoms with Gasteiger partial charge in [0.25, 0.3) is 0 Å². The minimum Gasteiger partial charge on any atom is 0 e. The maximum Gasteiger partial charge on any atom is 0 e. The predicted molar refractivity (Wildman–Crippen MR) is 22.4 cm³/mol. The molecule has 1 atom stereocenters. The second-order valence-electron chi connectivity index (χ2n) is 0. The molecule has 0 aliphatic heterocycles. The van der Waals surface area contributed by atoms with E-state index >= 15 is 0 Å². The molecule has 0 amide bonds. The van der Waals surface area contributed by atoms with Crippen LogP contribution in [-0.2, 0) is 52.7 Å².